The normalized spacial score (nSPS) is 17.8. The van der Waals surface area contributed by atoms with Crippen LogP contribution in [0.25, 0.3) is 0 Å². The van der Waals surface area contributed by atoms with E-state index >= 15 is 0 Å². The smallest absolute Gasteiger partial charge is 0.217 e. The summed E-state index contributed by atoms with van der Waals surface area (Å²) in [7, 11) is 0. The third-order valence-electron chi connectivity index (χ3n) is 5.67. The number of halogens is 2. The second kappa shape index (κ2) is 10.7. The molecule has 2 unspecified atom stereocenters. The van der Waals surface area contributed by atoms with Crippen molar-refractivity contribution in [2.75, 3.05) is 13.2 Å². The summed E-state index contributed by atoms with van der Waals surface area (Å²) in [5.41, 5.74) is 4.04. The molecule has 5 nitrogen and oxygen atoms in total. The summed E-state index contributed by atoms with van der Waals surface area (Å²) in [5, 5.41) is 16.9. The minimum atomic E-state index is -0.969. The summed E-state index contributed by atoms with van der Waals surface area (Å²) in [5.74, 6) is -1.71. The minimum Gasteiger partial charge on any atom is -0.390 e. The molecule has 3 N–H and O–H groups in total. The summed E-state index contributed by atoms with van der Waals surface area (Å²) in [6.45, 7) is 9.15. The zero-order valence-electron chi connectivity index (χ0n) is 19.8. The lowest BCUT2D eigenvalue weighted by atomic mass is 9.86. The van der Waals surface area contributed by atoms with Crippen LogP contribution in [-0.2, 0) is 29.0 Å². The van der Waals surface area contributed by atoms with Crippen LogP contribution in [0.5, 0.6) is 0 Å². The Morgan fingerprint density at radius 3 is 2.48 bits per heavy atom. The monoisotopic (exact) mass is 460 g/mol. The van der Waals surface area contributed by atoms with Crippen molar-refractivity contribution < 1.29 is 23.4 Å². The maximum atomic E-state index is 13.6. The van der Waals surface area contributed by atoms with Crippen LogP contribution in [0.1, 0.15) is 56.0 Å². The Balaban J connectivity index is 1.70. The van der Waals surface area contributed by atoms with Crippen LogP contribution < -0.4 is 10.6 Å². The summed E-state index contributed by atoms with van der Waals surface area (Å²) >= 11 is 0. The number of hydrogen-bond acceptors (Lipinski definition) is 4. The van der Waals surface area contributed by atoms with E-state index in [1.165, 1.54) is 24.6 Å². The van der Waals surface area contributed by atoms with E-state index in [1.54, 1.807) is 0 Å². The van der Waals surface area contributed by atoms with Crippen molar-refractivity contribution >= 4 is 5.91 Å². The van der Waals surface area contributed by atoms with Gasteiger partial charge in [0.25, 0.3) is 0 Å². The van der Waals surface area contributed by atoms with Gasteiger partial charge in [-0.25, -0.2) is 8.78 Å². The van der Waals surface area contributed by atoms with Gasteiger partial charge in [-0.1, -0.05) is 39.0 Å². The maximum Gasteiger partial charge on any atom is 0.217 e. The van der Waals surface area contributed by atoms with Gasteiger partial charge in [-0.05, 0) is 52.6 Å². The first kappa shape index (κ1) is 25.3. The summed E-state index contributed by atoms with van der Waals surface area (Å²) in [6.07, 6.45) is 0.0824. The Hall–Kier alpha value is -2.35. The van der Waals surface area contributed by atoms with Crippen LogP contribution in [0.15, 0.2) is 36.4 Å². The van der Waals surface area contributed by atoms with Crippen LogP contribution in [0.4, 0.5) is 8.78 Å². The summed E-state index contributed by atoms with van der Waals surface area (Å²) in [6, 6.07) is 8.84. The fourth-order valence-electron chi connectivity index (χ4n) is 4.30. The van der Waals surface area contributed by atoms with Gasteiger partial charge in [-0.15, -0.1) is 0 Å². The van der Waals surface area contributed by atoms with Crippen molar-refractivity contribution in [2.24, 2.45) is 5.41 Å². The number of amides is 1. The molecule has 0 saturated carbocycles. The van der Waals surface area contributed by atoms with E-state index in [0.717, 1.165) is 23.6 Å². The molecule has 3 atom stereocenters. The highest BCUT2D eigenvalue weighted by atomic mass is 19.1. The Kier molecular flexibility index (Phi) is 8.21. The zero-order valence-corrected chi connectivity index (χ0v) is 19.8. The summed E-state index contributed by atoms with van der Waals surface area (Å²) < 4.78 is 32.9. The van der Waals surface area contributed by atoms with E-state index in [0.29, 0.717) is 18.8 Å². The lowest BCUT2D eigenvalue weighted by Crippen LogP contribution is -2.49. The Morgan fingerprint density at radius 1 is 1.15 bits per heavy atom. The molecule has 0 spiro atoms. The van der Waals surface area contributed by atoms with Gasteiger partial charge in [0.1, 0.15) is 11.6 Å². The van der Waals surface area contributed by atoms with Gasteiger partial charge in [-0.3, -0.25) is 4.79 Å². The van der Waals surface area contributed by atoms with E-state index in [-0.39, 0.29) is 30.3 Å². The van der Waals surface area contributed by atoms with E-state index in [4.69, 9.17) is 4.74 Å². The molecule has 0 fully saturated rings. The number of carbonyl (C=O) groups excluding carboxylic acids is 1. The molecular formula is C26H34F2N2O3. The number of rotatable bonds is 8. The third-order valence-corrected chi connectivity index (χ3v) is 5.67. The first-order chi connectivity index (χ1) is 15.5. The fraction of sp³-hybridized carbons (Fsp3) is 0.500. The third kappa shape index (κ3) is 7.59. The Labute approximate surface area is 194 Å². The number of aliphatic hydroxyl groups excluding tert-OH is 1. The molecule has 0 saturated heterocycles. The first-order valence-corrected chi connectivity index (χ1v) is 11.3. The maximum absolute atomic E-state index is 13.6. The highest BCUT2D eigenvalue weighted by Gasteiger charge is 2.26. The van der Waals surface area contributed by atoms with Gasteiger partial charge in [0.15, 0.2) is 0 Å². The number of benzene rings is 2. The molecule has 0 aliphatic carbocycles. The van der Waals surface area contributed by atoms with E-state index in [1.807, 2.05) is 0 Å². The minimum absolute atomic E-state index is 0.102. The molecular weight excluding hydrogens is 426 g/mol. The van der Waals surface area contributed by atoms with Gasteiger partial charge in [0.05, 0.1) is 31.4 Å². The molecule has 1 heterocycles. The van der Waals surface area contributed by atoms with Crippen LogP contribution in [-0.4, -0.2) is 36.3 Å². The van der Waals surface area contributed by atoms with Gasteiger partial charge in [-0.2, -0.15) is 0 Å². The number of aliphatic hydroxyl groups is 1. The Morgan fingerprint density at radius 2 is 1.85 bits per heavy atom. The predicted molar refractivity (Wildman–Crippen MR) is 124 cm³/mol. The topological polar surface area (TPSA) is 70.6 Å². The van der Waals surface area contributed by atoms with Crippen molar-refractivity contribution in [3.05, 3.63) is 70.3 Å². The lowest BCUT2D eigenvalue weighted by molar-refractivity contribution is -0.120. The predicted octanol–water partition coefficient (Wildman–Crippen LogP) is 3.82. The van der Waals surface area contributed by atoms with Gasteiger partial charge in [0, 0.05) is 19.5 Å². The van der Waals surface area contributed by atoms with Crippen molar-refractivity contribution in [2.45, 2.75) is 65.3 Å². The van der Waals surface area contributed by atoms with Crippen molar-refractivity contribution in [3.63, 3.8) is 0 Å². The first-order valence-electron chi connectivity index (χ1n) is 11.3. The number of ether oxygens (including phenoxy) is 1. The standard InChI is InChI=1S/C26H34F2N2O3/c1-16(31)30-23(10-18-7-20(27)11-21(28)8-18)25(32)13-29-24-15-33-14-19-6-5-17(9-22(19)24)12-26(2,3)4/h5-9,11,23-25,29,32H,10,12-15H2,1-4H3,(H,30,31)/t23?,24?,25-/m1/s1. The molecule has 2 aromatic carbocycles. The SMILES string of the molecule is CC(=O)NC(Cc1cc(F)cc(F)c1)[C@H](O)CNC1COCc2ccc(CC(C)(C)C)cc21. The average molecular weight is 461 g/mol. The highest BCUT2D eigenvalue weighted by Crippen LogP contribution is 2.29. The summed E-state index contributed by atoms with van der Waals surface area (Å²) in [4.78, 5) is 11.7. The van der Waals surface area contributed by atoms with Crippen LogP contribution >= 0.6 is 0 Å². The van der Waals surface area contributed by atoms with E-state index in [9.17, 15) is 18.7 Å². The van der Waals surface area contributed by atoms with Crippen LogP contribution in [0.3, 0.4) is 0 Å². The molecule has 1 amide bonds. The van der Waals surface area contributed by atoms with Gasteiger partial charge >= 0.3 is 0 Å². The molecule has 0 radical (unpaired) electrons. The lowest BCUT2D eigenvalue weighted by Gasteiger charge is -2.30. The Bertz CT molecular complexity index is 954. The average Bonchev–Trinajstić information content (AvgIpc) is 2.69. The quantitative estimate of drug-likeness (QED) is 0.560. The number of carbonyl (C=O) groups is 1. The second-order valence-corrected chi connectivity index (χ2v) is 10.1. The fourth-order valence-corrected chi connectivity index (χ4v) is 4.30. The molecule has 1 aliphatic rings. The molecule has 0 bridgehead atoms. The van der Waals surface area contributed by atoms with Crippen molar-refractivity contribution in [1.82, 2.24) is 10.6 Å². The van der Waals surface area contributed by atoms with Crippen LogP contribution in [0, 0.1) is 17.0 Å². The van der Waals surface area contributed by atoms with Gasteiger partial charge in [0.2, 0.25) is 5.91 Å². The highest BCUT2D eigenvalue weighted by molar-refractivity contribution is 5.73. The molecule has 1 aliphatic heterocycles. The largest absolute Gasteiger partial charge is 0.390 e. The molecule has 33 heavy (non-hydrogen) atoms. The number of nitrogens with one attached hydrogen (secondary N) is 2. The molecule has 2 aromatic rings. The van der Waals surface area contributed by atoms with Crippen LogP contribution in [0.2, 0.25) is 0 Å². The number of fused-ring (bicyclic) bond motifs is 1. The van der Waals surface area contributed by atoms with Gasteiger partial charge < -0.3 is 20.5 Å². The zero-order chi connectivity index (χ0) is 24.2. The van der Waals surface area contributed by atoms with E-state index < -0.39 is 23.8 Å². The van der Waals surface area contributed by atoms with Crippen molar-refractivity contribution in [3.8, 4) is 0 Å². The van der Waals surface area contributed by atoms with Crippen molar-refractivity contribution in [1.29, 1.82) is 0 Å². The molecule has 0 aromatic heterocycles. The second-order valence-electron chi connectivity index (χ2n) is 10.1. The molecule has 180 valence electrons. The van der Waals surface area contributed by atoms with E-state index in [2.05, 4.69) is 49.6 Å². The number of hydrogen-bond donors (Lipinski definition) is 3. The molecule has 7 heteroatoms. The molecule has 3 rings (SSSR count).